The molecule has 0 spiro atoms. The third kappa shape index (κ3) is 5.41. The van der Waals surface area contributed by atoms with Gasteiger partial charge in [-0.25, -0.2) is 9.67 Å². The lowest BCUT2D eigenvalue weighted by Crippen LogP contribution is -2.41. The molecule has 29 heavy (non-hydrogen) atoms. The largest absolute Gasteiger partial charge is 0.483 e. The van der Waals surface area contributed by atoms with E-state index in [1.807, 2.05) is 21.2 Å². The van der Waals surface area contributed by atoms with Gasteiger partial charge >= 0.3 is 0 Å². The lowest BCUT2D eigenvalue weighted by molar-refractivity contribution is -0.138. The molecule has 1 N–H and O–H groups in total. The summed E-state index contributed by atoms with van der Waals surface area (Å²) < 4.78 is 9.08. The Hall–Kier alpha value is -2.75. The maximum Gasteiger partial charge on any atom is 0.290 e. The number of nitrogens with zero attached hydrogens (tertiary/aromatic N) is 6. The van der Waals surface area contributed by atoms with Gasteiger partial charge in [0.25, 0.3) is 6.47 Å². The van der Waals surface area contributed by atoms with E-state index in [-0.39, 0.29) is 18.3 Å². The van der Waals surface area contributed by atoms with Gasteiger partial charge in [0, 0.05) is 44.4 Å². The SMILES string of the molecule is CCn1nc(C)c(CN(CCOC)C(=O)C2CCc3ncnn3C2)c1C.O=CO. The fourth-order valence-corrected chi connectivity index (χ4v) is 3.63. The predicted molar refractivity (Wildman–Crippen MR) is 105 cm³/mol. The van der Waals surface area contributed by atoms with Gasteiger partial charge in [-0.1, -0.05) is 0 Å². The number of hydrogen-bond donors (Lipinski definition) is 1. The molecule has 0 saturated carbocycles. The molecule has 1 aliphatic heterocycles. The van der Waals surface area contributed by atoms with E-state index in [9.17, 15) is 4.79 Å². The summed E-state index contributed by atoms with van der Waals surface area (Å²) >= 11 is 0. The summed E-state index contributed by atoms with van der Waals surface area (Å²) in [6.45, 7) is 9.00. The number of carboxylic acid groups (broad SMARTS) is 1. The van der Waals surface area contributed by atoms with Crippen molar-refractivity contribution in [3.63, 3.8) is 0 Å². The van der Waals surface area contributed by atoms with Gasteiger partial charge < -0.3 is 14.7 Å². The van der Waals surface area contributed by atoms with Crippen LogP contribution in [0.5, 0.6) is 0 Å². The predicted octanol–water partition coefficient (Wildman–Crippen LogP) is 1.05. The van der Waals surface area contributed by atoms with E-state index < -0.39 is 0 Å². The van der Waals surface area contributed by atoms with E-state index in [0.29, 0.717) is 26.2 Å². The van der Waals surface area contributed by atoms with Gasteiger partial charge in [-0.2, -0.15) is 10.2 Å². The Bertz CT molecular complexity index is 816. The molecule has 0 saturated heterocycles. The van der Waals surface area contributed by atoms with Gasteiger partial charge in [-0.15, -0.1) is 0 Å². The molecule has 160 valence electrons. The van der Waals surface area contributed by atoms with Crippen molar-refractivity contribution in [2.45, 2.75) is 53.2 Å². The Kier molecular flexibility index (Phi) is 8.32. The van der Waals surface area contributed by atoms with Crippen LogP contribution < -0.4 is 0 Å². The topological polar surface area (TPSA) is 115 Å². The summed E-state index contributed by atoms with van der Waals surface area (Å²) in [4.78, 5) is 27.7. The Morgan fingerprint density at radius 2 is 2.17 bits per heavy atom. The average molecular weight is 406 g/mol. The van der Waals surface area contributed by atoms with Crippen LogP contribution in [0.2, 0.25) is 0 Å². The lowest BCUT2D eigenvalue weighted by atomic mass is 9.97. The molecule has 3 heterocycles. The number of hydrogen-bond acceptors (Lipinski definition) is 6. The first-order chi connectivity index (χ1) is 14.0. The van der Waals surface area contributed by atoms with Gasteiger partial charge in [0.15, 0.2) is 0 Å². The third-order valence-corrected chi connectivity index (χ3v) is 5.21. The molecule has 0 radical (unpaired) electrons. The van der Waals surface area contributed by atoms with Gasteiger partial charge in [-0.05, 0) is 27.2 Å². The van der Waals surface area contributed by atoms with Crippen LogP contribution in [0.15, 0.2) is 6.33 Å². The molecule has 0 bridgehead atoms. The average Bonchev–Trinajstić information content (AvgIpc) is 3.29. The fourth-order valence-electron chi connectivity index (χ4n) is 3.63. The first kappa shape index (κ1) is 22.5. The normalized spacial score (nSPS) is 15.2. The number of carbonyl (C=O) groups is 2. The van der Waals surface area contributed by atoms with Crippen molar-refractivity contribution in [2.24, 2.45) is 5.92 Å². The number of carbonyl (C=O) groups excluding carboxylic acids is 1. The summed E-state index contributed by atoms with van der Waals surface area (Å²) in [7, 11) is 1.66. The summed E-state index contributed by atoms with van der Waals surface area (Å²) in [5.41, 5.74) is 3.25. The Morgan fingerprint density at radius 1 is 1.45 bits per heavy atom. The van der Waals surface area contributed by atoms with Crippen LogP contribution in [0.4, 0.5) is 0 Å². The van der Waals surface area contributed by atoms with E-state index in [2.05, 4.69) is 29.0 Å². The number of amides is 1. The number of fused-ring (bicyclic) bond motifs is 1. The zero-order valence-corrected chi connectivity index (χ0v) is 17.5. The molecule has 1 unspecified atom stereocenters. The lowest BCUT2D eigenvalue weighted by Gasteiger charge is -2.29. The number of ether oxygens (including phenoxy) is 1. The Morgan fingerprint density at radius 3 is 2.79 bits per heavy atom. The standard InChI is InChI=1S/C18H28N6O2.CH2O2/c1-5-23-14(3)16(13(2)21-23)11-22(8-9-26-4)18(25)15-6-7-17-19-12-20-24(17)10-15;2-1-3/h12,15H,5-11H2,1-4H3;1H,(H,2,3). The summed E-state index contributed by atoms with van der Waals surface area (Å²) in [5.74, 6) is 1.06. The highest BCUT2D eigenvalue weighted by Gasteiger charge is 2.30. The third-order valence-electron chi connectivity index (χ3n) is 5.21. The maximum atomic E-state index is 13.2. The van der Waals surface area contributed by atoms with Crippen LogP contribution in [0.25, 0.3) is 0 Å². The fraction of sp³-hybridized carbons (Fsp3) is 0.632. The second-order valence-electron chi connectivity index (χ2n) is 6.92. The van der Waals surface area contributed by atoms with Crippen molar-refractivity contribution in [1.29, 1.82) is 0 Å². The highest BCUT2D eigenvalue weighted by atomic mass is 16.5. The van der Waals surface area contributed by atoms with Crippen molar-refractivity contribution in [3.05, 3.63) is 29.1 Å². The number of rotatable bonds is 7. The van der Waals surface area contributed by atoms with Crippen LogP contribution in [-0.2, 0) is 40.4 Å². The molecule has 0 aliphatic carbocycles. The summed E-state index contributed by atoms with van der Waals surface area (Å²) in [6.07, 6.45) is 3.17. The Balaban J connectivity index is 0.000000941. The highest BCUT2D eigenvalue weighted by Crippen LogP contribution is 2.22. The second kappa shape index (κ2) is 10.7. The second-order valence-corrected chi connectivity index (χ2v) is 6.92. The zero-order chi connectivity index (χ0) is 21.4. The molecular formula is C19H30N6O4. The monoisotopic (exact) mass is 406 g/mol. The van der Waals surface area contributed by atoms with Crippen LogP contribution >= 0.6 is 0 Å². The number of aromatic nitrogens is 5. The van der Waals surface area contributed by atoms with Crippen molar-refractivity contribution in [3.8, 4) is 0 Å². The Labute approximate surface area is 170 Å². The van der Waals surface area contributed by atoms with E-state index >= 15 is 0 Å². The van der Waals surface area contributed by atoms with Gasteiger partial charge in [0.1, 0.15) is 12.2 Å². The van der Waals surface area contributed by atoms with E-state index in [1.165, 1.54) is 0 Å². The molecule has 0 aromatic carbocycles. The molecule has 1 atom stereocenters. The van der Waals surface area contributed by atoms with Crippen molar-refractivity contribution in [1.82, 2.24) is 29.4 Å². The van der Waals surface area contributed by atoms with Gasteiger partial charge in [-0.3, -0.25) is 14.3 Å². The summed E-state index contributed by atoms with van der Waals surface area (Å²) in [5, 5.41) is 15.7. The first-order valence-electron chi connectivity index (χ1n) is 9.71. The molecular weight excluding hydrogens is 376 g/mol. The maximum absolute atomic E-state index is 13.2. The van der Waals surface area contributed by atoms with E-state index in [1.54, 1.807) is 13.4 Å². The van der Waals surface area contributed by atoms with E-state index in [0.717, 1.165) is 42.2 Å². The van der Waals surface area contributed by atoms with Crippen LogP contribution in [-0.4, -0.2) is 67.2 Å². The summed E-state index contributed by atoms with van der Waals surface area (Å²) in [6, 6.07) is 0. The molecule has 1 amide bonds. The van der Waals surface area contributed by atoms with Gasteiger partial charge in [0.05, 0.1) is 24.8 Å². The minimum atomic E-state index is -0.250. The van der Waals surface area contributed by atoms with Crippen molar-refractivity contribution in [2.75, 3.05) is 20.3 Å². The minimum Gasteiger partial charge on any atom is -0.483 e. The molecule has 2 aromatic heterocycles. The molecule has 10 nitrogen and oxygen atoms in total. The molecule has 3 rings (SSSR count). The van der Waals surface area contributed by atoms with Crippen LogP contribution in [0.1, 0.15) is 36.1 Å². The number of methoxy groups -OCH3 is 1. The first-order valence-corrected chi connectivity index (χ1v) is 9.71. The molecule has 2 aromatic rings. The molecule has 0 fully saturated rings. The quantitative estimate of drug-likeness (QED) is 0.683. The van der Waals surface area contributed by atoms with Crippen molar-refractivity contribution >= 4 is 12.4 Å². The van der Waals surface area contributed by atoms with Crippen LogP contribution in [0.3, 0.4) is 0 Å². The van der Waals surface area contributed by atoms with E-state index in [4.69, 9.17) is 14.6 Å². The number of aryl methyl sites for hydroxylation is 3. The highest BCUT2D eigenvalue weighted by molar-refractivity contribution is 5.79. The van der Waals surface area contributed by atoms with Crippen LogP contribution in [0, 0.1) is 19.8 Å². The van der Waals surface area contributed by atoms with Gasteiger partial charge in [0.2, 0.25) is 5.91 Å². The molecule has 10 heteroatoms. The smallest absolute Gasteiger partial charge is 0.290 e. The van der Waals surface area contributed by atoms with Crippen molar-refractivity contribution < 1.29 is 19.4 Å². The molecule has 1 aliphatic rings. The zero-order valence-electron chi connectivity index (χ0n) is 17.5. The minimum absolute atomic E-state index is 0.0668.